The number of likely N-dealkylation sites (tertiary alicyclic amines) is 1. The van der Waals surface area contributed by atoms with Gasteiger partial charge in [-0.1, -0.05) is 0 Å². The maximum Gasteiger partial charge on any atom is 0.410 e. The van der Waals surface area contributed by atoms with Crippen LogP contribution in [-0.4, -0.2) is 60.5 Å². The third kappa shape index (κ3) is 3.39. The molecule has 0 radical (unpaired) electrons. The number of carbonyl (C=O) groups is 2. The highest BCUT2D eigenvalue weighted by Crippen LogP contribution is 2.29. The maximum atomic E-state index is 12.4. The van der Waals surface area contributed by atoms with E-state index in [2.05, 4.69) is 15.1 Å². The zero-order chi connectivity index (χ0) is 19.1. The van der Waals surface area contributed by atoms with Gasteiger partial charge in [-0.3, -0.25) is 0 Å². The third-order valence-electron chi connectivity index (χ3n) is 4.11. The quantitative estimate of drug-likeness (QED) is 0.823. The predicted octanol–water partition coefficient (Wildman–Crippen LogP) is 1.68. The van der Waals surface area contributed by atoms with E-state index in [-0.39, 0.29) is 22.9 Å². The summed E-state index contributed by atoms with van der Waals surface area (Å²) in [6, 6.07) is -0.221. The first-order valence-corrected chi connectivity index (χ1v) is 8.37. The van der Waals surface area contributed by atoms with E-state index >= 15 is 0 Å². The second kappa shape index (κ2) is 6.43. The zero-order valence-electron chi connectivity index (χ0n) is 15.0. The van der Waals surface area contributed by atoms with Gasteiger partial charge in [0.05, 0.1) is 11.4 Å². The molecule has 10 nitrogen and oxygen atoms in total. The van der Waals surface area contributed by atoms with Crippen molar-refractivity contribution >= 4 is 28.9 Å². The van der Waals surface area contributed by atoms with Gasteiger partial charge in [0.25, 0.3) is 0 Å². The van der Waals surface area contributed by atoms with E-state index in [0.29, 0.717) is 18.7 Å². The van der Waals surface area contributed by atoms with Gasteiger partial charge in [-0.05, 0) is 33.6 Å². The summed E-state index contributed by atoms with van der Waals surface area (Å²) >= 11 is 0. The lowest BCUT2D eigenvalue weighted by atomic mass is 10.1. The van der Waals surface area contributed by atoms with Crippen LogP contribution in [0.5, 0.6) is 0 Å². The number of nitrogen functional groups attached to an aromatic ring is 1. The first-order chi connectivity index (χ1) is 12.2. The molecule has 1 aliphatic heterocycles. The Labute approximate surface area is 149 Å². The molecule has 0 bridgehead atoms. The van der Waals surface area contributed by atoms with Crippen LogP contribution in [0, 0.1) is 0 Å². The Morgan fingerprint density at radius 1 is 1.35 bits per heavy atom. The highest BCUT2D eigenvalue weighted by molar-refractivity contribution is 6.04. The highest BCUT2D eigenvalue weighted by Gasteiger charge is 2.31. The van der Waals surface area contributed by atoms with Gasteiger partial charge in [0.2, 0.25) is 0 Å². The minimum Gasteiger partial charge on any atom is -0.476 e. The predicted molar refractivity (Wildman–Crippen MR) is 92.8 cm³/mol. The lowest BCUT2D eigenvalue weighted by Gasteiger charge is -2.34. The lowest BCUT2D eigenvalue weighted by molar-refractivity contribution is 0.0168. The second-order valence-corrected chi connectivity index (χ2v) is 7.28. The Morgan fingerprint density at radius 2 is 2.08 bits per heavy atom. The van der Waals surface area contributed by atoms with Crippen LogP contribution in [-0.2, 0) is 4.74 Å². The molecule has 10 heteroatoms. The smallest absolute Gasteiger partial charge is 0.410 e. The van der Waals surface area contributed by atoms with Crippen LogP contribution in [0.15, 0.2) is 6.33 Å². The lowest BCUT2D eigenvalue weighted by Crippen LogP contribution is -2.43. The van der Waals surface area contributed by atoms with E-state index in [1.54, 1.807) is 4.90 Å². The second-order valence-electron chi connectivity index (χ2n) is 7.28. The third-order valence-corrected chi connectivity index (χ3v) is 4.11. The Kier molecular flexibility index (Phi) is 4.43. The molecule has 0 spiro atoms. The molecule has 2 aromatic heterocycles. The number of hydrogen-bond acceptors (Lipinski definition) is 7. The number of amides is 1. The van der Waals surface area contributed by atoms with Gasteiger partial charge in [-0.25, -0.2) is 24.2 Å². The molecule has 3 rings (SSSR count). The van der Waals surface area contributed by atoms with Gasteiger partial charge in [-0.15, -0.1) is 0 Å². The van der Waals surface area contributed by atoms with Crippen LogP contribution in [0.4, 0.5) is 10.6 Å². The maximum absolute atomic E-state index is 12.4. The van der Waals surface area contributed by atoms with Crippen LogP contribution in [0.3, 0.4) is 0 Å². The molecular weight excluding hydrogens is 340 g/mol. The number of aromatic carboxylic acids is 1. The van der Waals surface area contributed by atoms with Crippen molar-refractivity contribution in [2.24, 2.45) is 0 Å². The molecule has 0 saturated carbocycles. The van der Waals surface area contributed by atoms with Gasteiger partial charge in [0.15, 0.2) is 11.3 Å². The van der Waals surface area contributed by atoms with Crippen molar-refractivity contribution in [3.8, 4) is 0 Å². The number of carboxylic acids is 1. The average molecular weight is 362 g/mol. The number of aromatic nitrogens is 4. The minimum atomic E-state index is -1.20. The monoisotopic (exact) mass is 362 g/mol. The largest absolute Gasteiger partial charge is 0.476 e. The molecule has 26 heavy (non-hydrogen) atoms. The molecule has 3 heterocycles. The van der Waals surface area contributed by atoms with E-state index in [9.17, 15) is 14.7 Å². The highest BCUT2D eigenvalue weighted by atomic mass is 16.6. The van der Waals surface area contributed by atoms with Crippen molar-refractivity contribution in [1.82, 2.24) is 24.6 Å². The molecule has 0 aromatic carbocycles. The summed E-state index contributed by atoms with van der Waals surface area (Å²) in [6.07, 6.45) is 2.36. The van der Waals surface area contributed by atoms with E-state index in [1.165, 1.54) is 11.0 Å². The van der Waals surface area contributed by atoms with Crippen LogP contribution in [0.2, 0.25) is 0 Å². The van der Waals surface area contributed by atoms with Gasteiger partial charge >= 0.3 is 12.1 Å². The number of fused-ring (bicyclic) bond motifs is 1. The summed E-state index contributed by atoms with van der Waals surface area (Å²) in [4.78, 5) is 33.5. The van der Waals surface area contributed by atoms with Gasteiger partial charge < -0.3 is 20.5 Å². The molecular formula is C16H22N6O4. The van der Waals surface area contributed by atoms with Crippen molar-refractivity contribution < 1.29 is 19.4 Å². The molecule has 3 N–H and O–H groups in total. The molecule has 1 amide bonds. The van der Waals surface area contributed by atoms with Crippen molar-refractivity contribution in [2.75, 3.05) is 18.8 Å². The molecule has 0 aliphatic carbocycles. The fourth-order valence-corrected chi connectivity index (χ4v) is 3.05. The van der Waals surface area contributed by atoms with E-state index in [1.807, 2.05) is 20.8 Å². The first kappa shape index (κ1) is 17.9. The Bertz CT molecular complexity index is 856. The number of piperidine rings is 1. The fraction of sp³-hybridized carbons (Fsp3) is 0.562. The number of hydrogen-bond donors (Lipinski definition) is 2. The Hall–Kier alpha value is -2.91. The summed E-state index contributed by atoms with van der Waals surface area (Å²) in [6.45, 7) is 6.37. The normalized spacial score (nSPS) is 18.1. The number of ether oxygens (including phenoxy) is 1. The summed E-state index contributed by atoms with van der Waals surface area (Å²) in [5.41, 5.74) is 5.41. The minimum absolute atomic E-state index is 0.0680. The van der Waals surface area contributed by atoms with Crippen LogP contribution in [0.25, 0.3) is 11.0 Å². The van der Waals surface area contributed by atoms with Crippen molar-refractivity contribution in [1.29, 1.82) is 0 Å². The molecule has 1 atom stereocenters. The molecule has 1 saturated heterocycles. The summed E-state index contributed by atoms with van der Waals surface area (Å²) < 4.78 is 6.96. The SMILES string of the molecule is CC(C)(C)OC(=O)N1CCCC(n2nc(C(=O)O)c3c(N)ncnc32)C1. The molecule has 1 unspecified atom stereocenters. The van der Waals surface area contributed by atoms with Gasteiger partial charge in [0.1, 0.15) is 17.7 Å². The van der Waals surface area contributed by atoms with E-state index < -0.39 is 17.7 Å². The fourth-order valence-electron chi connectivity index (χ4n) is 3.05. The standard InChI is InChI=1S/C16H22N6O4/c1-16(2,3)26-15(25)21-6-4-5-9(7-21)22-13-10(11(20-22)14(23)24)12(17)18-8-19-13/h8-9H,4-7H2,1-3H3,(H,23,24)(H2,17,18,19). The topological polar surface area (TPSA) is 136 Å². The number of anilines is 1. The van der Waals surface area contributed by atoms with Crippen molar-refractivity contribution in [3.05, 3.63) is 12.0 Å². The summed E-state index contributed by atoms with van der Waals surface area (Å²) in [5.74, 6) is -1.13. The summed E-state index contributed by atoms with van der Waals surface area (Å²) in [7, 11) is 0. The van der Waals surface area contributed by atoms with E-state index in [4.69, 9.17) is 10.5 Å². The summed E-state index contributed by atoms with van der Waals surface area (Å²) in [5, 5.41) is 13.8. The number of carbonyl (C=O) groups excluding carboxylic acids is 1. The van der Waals surface area contributed by atoms with Crippen LogP contribution < -0.4 is 5.73 Å². The Morgan fingerprint density at radius 3 is 2.73 bits per heavy atom. The number of nitrogens with two attached hydrogens (primary N) is 1. The van der Waals surface area contributed by atoms with E-state index in [0.717, 1.165) is 12.8 Å². The van der Waals surface area contributed by atoms with Gasteiger partial charge in [-0.2, -0.15) is 5.10 Å². The molecule has 2 aromatic rings. The molecule has 1 aliphatic rings. The average Bonchev–Trinajstić information content (AvgIpc) is 2.95. The van der Waals surface area contributed by atoms with Gasteiger partial charge in [0, 0.05) is 13.1 Å². The number of nitrogens with zero attached hydrogens (tertiary/aromatic N) is 5. The van der Waals surface area contributed by atoms with Crippen LogP contribution in [0.1, 0.15) is 50.1 Å². The number of carboxylic acid groups (broad SMARTS) is 1. The molecule has 140 valence electrons. The zero-order valence-corrected chi connectivity index (χ0v) is 15.0. The van der Waals surface area contributed by atoms with Crippen molar-refractivity contribution in [2.45, 2.75) is 45.3 Å². The number of rotatable bonds is 2. The van der Waals surface area contributed by atoms with Crippen molar-refractivity contribution in [3.63, 3.8) is 0 Å². The first-order valence-electron chi connectivity index (χ1n) is 8.37. The molecule has 1 fully saturated rings. The van der Waals surface area contributed by atoms with Crippen LogP contribution >= 0.6 is 0 Å². The Balaban J connectivity index is 1.93.